The molecule has 2 aromatic carbocycles. The summed E-state index contributed by atoms with van der Waals surface area (Å²) in [6, 6.07) is 18.9. The molecule has 0 saturated heterocycles. The van der Waals surface area contributed by atoms with Gasteiger partial charge in [0.25, 0.3) is 0 Å². The molecule has 0 fully saturated rings. The van der Waals surface area contributed by atoms with Crippen LogP contribution in [0.4, 0.5) is 4.39 Å². The third-order valence-electron chi connectivity index (χ3n) is 3.70. The van der Waals surface area contributed by atoms with Crippen LogP contribution in [0.2, 0.25) is 0 Å². The van der Waals surface area contributed by atoms with E-state index in [-0.39, 0.29) is 11.9 Å². The average Bonchev–Trinajstić information content (AvgIpc) is 2.69. The van der Waals surface area contributed by atoms with Crippen molar-refractivity contribution in [2.75, 3.05) is 6.61 Å². The number of aromatic nitrogens is 1. The summed E-state index contributed by atoms with van der Waals surface area (Å²) in [4.78, 5) is 4.16. The number of para-hydroxylation sites is 1. The van der Waals surface area contributed by atoms with E-state index in [0.717, 1.165) is 6.42 Å². The van der Waals surface area contributed by atoms with Gasteiger partial charge in [-0.25, -0.2) is 9.37 Å². The minimum absolute atomic E-state index is 0.0979. The van der Waals surface area contributed by atoms with Crippen molar-refractivity contribution in [3.63, 3.8) is 0 Å². The fourth-order valence-corrected chi connectivity index (χ4v) is 2.27. The highest BCUT2D eigenvalue weighted by Crippen LogP contribution is 2.26. The Morgan fingerprint density at radius 1 is 0.923 bits per heavy atom. The van der Waals surface area contributed by atoms with E-state index < -0.39 is 5.82 Å². The lowest BCUT2D eigenvalue weighted by molar-refractivity contribution is 0.120. The molecule has 0 aliphatic carbocycles. The fourth-order valence-electron chi connectivity index (χ4n) is 2.27. The number of hydrogen-bond donors (Lipinski definition) is 0. The monoisotopic (exact) mass is 353 g/mol. The Labute approximate surface area is 152 Å². The molecule has 5 heteroatoms. The standard InChI is InChI=1S/C21H20FNO3/c1-2-16(26-21-9-5-6-14-23-21)15-24-17-10-12-18(13-11-17)25-20-8-4-3-7-19(20)22/h3-14,16H,2,15H2,1H3. The lowest BCUT2D eigenvalue weighted by Gasteiger charge is -2.17. The molecule has 1 unspecified atom stereocenters. The second-order valence-corrected chi connectivity index (χ2v) is 5.63. The summed E-state index contributed by atoms with van der Waals surface area (Å²) < 4.78 is 30.7. The van der Waals surface area contributed by atoms with E-state index in [1.165, 1.54) is 6.07 Å². The SMILES string of the molecule is CCC(COc1ccc(Oc2ccccc2F)cc1)Oc1ccccn1. The summed E-state index contributed by atoms with van der Waals surface area (Å²) in [7, 11) is 0. The van der Waals surface area contributed by atoms with Crippen LogP contribution < -0.4 is 14.2 Å². The first-order valence-corrected chi connectivity index (χ1v) is 8.47. The van der Waals surface area contributed by atoms with Crippen LogP contribution in [0.3, 0.4) is 0 Å². The minimum atomic E-state index is -0.398. The number of hydrogen-bond acceptors (Lipinski definition) is 4. The van der Waals surface area contributed by atoms with Gasteiger partial charge in [-0.05, 0) is 48.9 Å². The topological polar surface area (TPSA) is 40.6 Å². The third-order valence-corrected chi connectivity index (χ3v) is 3.70. The predicted molar refractivity (Wildman–Crippen MR) is 97.4 cm³/mol. The lowest BCUT2D eigenvalue weighted by Crippen LogP contribution is -2.24. The van der Waals surface area contributed by atoms with Crippen molar-refractivity contribution in [2.45, 2.75) is 19.4 Å². The number of pyridine rings is 1. The molecule has 0 bridgehead atoms. The summed E-state index contributed by atoms with van der Waals surface area (Å²) in [5.74, 6) is 1.60. The van der Waals surface area contributed by atoms with E-state index in [4.69, 9.17) is 14.2 Å². The molecule has 0 saturated carbocycles. The second kappa shape index (κ2) is 8.85. The van der Waals surface area contributed by atoms with Gasteiger partial charge in [-0.3, -0.25) is 0 Å². The Hall–Kier alpha value is -3.08. The number of halogens is 1. The molecule has 0 radical (unpaired) electrons. The van der Waals surface area contributed by atoms with Crippen LogP contribution in [-0.2, 0) is 0 Å². The fraction of sp³-hybridized carbons (Fsp3) is 0.190. The van der Waals surface area contributed by atoms with Crippen LogP contribution in [-0.4, -0.2) is 17.7 Å². The molecule has 26 heavy (non-hydrogen) atoms. The summed E-state index contributed by atoms with van der Waals surface area (Å²) >= 11 is 0. The summed E-state index contributed by atoms with van der Waals surface area (Å²) in [5, 5.41) is 0. The Balaban J connectivity index is 1.54. The highest BCUT2D eigenvalue weighted by Gasteiger charge is 2.10. The lowest BCUT2D eigenvalue weighted by atomic mass is 10.3. The molecule has 0 aliphatic heterocycles. The maximum atomic E-state index is 13.6. The molecular formula is C21H20FNO3. The molecule has 0 aliphatic rings. The Morgan fingerprint density at radius 3 is 2.35 bits per heavy atom. The molecule has 0 spiro atoms. The largest absolute Gasteiger partial charge is 0.490 e. The Bertz CT molecular complexity index is 809. The molecule has 3 rings (SSSR count). The van der Waals surface area contributed by atoms with E-state index in [1.807, 2.05) is 25.1 Å². The first-order chi connectivity index (χ1) is 12.7. The average molecular weight is 353 g/mol. The van der Waals surface area contributed by atoms with E-state index >= 15 is 0 Å². The highest BCUT2D eigenvalue weighted by atomic mass is 19.1. The van der Waals surface area contributed by atoms with Crippen LogP contribution >= 0.6 is 0 Å². The maximum absolute atomic E-state index is 13.6. The van der Waals surface area contributed by atoms with E-state index in [1.54, 1.807) is 48.7 Å². The Kier molecular flexibility index (Phi) is 6.04. The van der Waals surface area contributed by atoms with Gasteiger partial charge in [-0.2, -0.15) is 0 Å². The molecule has 3 aromatic rings. The number of rotatable bonds is 8. The van der Waals surface area contributed by atoms with Crippen molar-refractivity contribution in [3.8, 4) is 23.1 Å². The van der Waals surface area contributed by atoms with E-state index in [2.05, 4.69) is 4.98 Å². The second-order valence-electron chi connectivity index (χ2n) is 5.63. The number of ether oxygens (including phenoxy) is 3. The van der Waals surface area contributed by atoms with Crippen LogP contribution in [0.1, 0.15) is 13.3 Å². The zero-order valence-electron chi connectivity index (χ0n) is 14.5. The van der Waals surface area contributed by atoms with Crippen LogP contribution in [0, 0.1) is 5.82 Å². The van der Waals surface area contributed by atoms with Gasteiger partial charge in [0.1, 0.15) is 24.2 Å². The van der Waals surface area contributed by atoms with Gasteiger partial charge < -0.3 is 14.2 Å². The molecule has 1 heterocycles. The van der Waals surface area contributed by atoms with Crippen LogP contribution in [0.25, 0.3) is 0 Å². The number of benzene rings is 2. The highest BCUT2D eigenvalue weighted by molar-refractivity contribution is 5.35. The quantitative estimate of drug-likeness (QED) is 0.555. The van der Waals surface area contributed by atoms with Gasteiger partial charge in [0, 0.05) is 12.3 Å². The van der Waals surface area contributed by atoms with Gasteiger partial charge in [0.15, 0.2) is 11.6 Å². The molecule has 134 valence electrons. The normalized spacial score (nSPS) is 11.6. The van der Waals surface area contributed by atoms with Crippen molar-refractivity contribution in [2.24, 2.45) is 0 Å². The van der Waals surface area contributed by atoms with E-state index in [0.29, 0.717) is 24.0 Å². The molecule has 1 aromatic heterocycles. The van der Waals surface area contributed by atoms with Gasteiger partial charge >= 0.3 is 0 Å². The molecule has 0 N–H and O–H groups in total. The van der Waals surface area contributed by atoms with Gasteiger partial charge in [0.2, 0.25) is 5.88 Å². The molecule has 4 nitrogen and oxygen atoms in total. The van der Waals surface area contributed by atoms with Crippen molar-refractivity contribution < 1.29 is 18.6 Å². The van der Waals surface area contributed by atoms with E-state index in [9.17, 15) is 4.39 Å². The van der Waals surface area contributed by atoms with Crippen molar-refractivity contribution in [3.05, 3.63) is 78.7 Å². The van der Waals surface area contributed by atoms with Crippen LogP contribution in [0.5, 0.6) is 23.1 Å². The minimum Gasteiger partial charge on any atom is -0.490 e. The Morgan fingerprint density at radius 2 is 1.65 bits per heavy atom. The molecule has 1 atom stereocenters. The van der Waals surface area contributed by atoms with Gasteiger partial charge in [0.05, 0.1) is 0 Å². The van der Waals surface area contributed by atoms with Crippen molar-refractivity contribution in [1.82, 2.24) is 4.98 Å². The maximum Gasteiger partial charge on any atom is 0.213 e. The van der Waals surface area contributed by atoms with Gasteiger partial charge in [-0.15, -0.1) is 0 Å². The third kappa shape index (κ3) is 4.96. The molecular weight excluding hydrogens is 333 g/mol. The zero-order chi connectivity index (χ0) is 18.2. The smallest absolute Gasteiger partial charge is 0.213 e. The summed E-state index contributed by atoms with van der Waals surface area (Å²) in [5.41, 5.74) is 0. The van der Waals surface area contributed by atoms with Crippen LogP contribution in [0.15, 0.2) is 72.9 Å². The molecule has 0 amide bonds. The first-order valence-electron chi connectivity index (χ1n) is 8.47. The predicted octanol–water partition coefficient (Wildman–Crippen LogP) is 5.25. The summed E-state index contributed by atoms with van der Waals surface area (Å²) in [6.45, 7) is 2.43. The van der Waals surface area contributed by atoms with Gasteiger partial charge in [-0.1, -0.05) is 25.1 Å². The summed E-state index contributed by atoms with van der Waals surface area (Å²) in [6.07, 6.45) is 2.39. The number of nitrogens with zero attached hydrogens (tertiary/aromatic N) is 1. The van der Waals surface area contributed by atoms with Crippen molar-refractivity contribution in [1.29, 1.82) is 0 Å². The first kappa shape index (κ1) is 17.7. The zero-order valence-corrected chi connectivity index (χ0v) is 14.5. The van der Waals surface area contributed by atoms with Crippen molar-refractivity contribution >= 4 is 0 Å².